The molecule has 5 heteroatoms. The number of nitrogens with zero attached hydrogens (tertiary/aromatic N) is 2. The van der Waals surface area contributed by atoms with Crippen molar-refractivity contribution in [1.29, 1.82) is 0 Å². The van der Waals surface area contributed by atoms with Gasteiger partial charge in [0, 0.05) is 19.6 Å². The summed E-state index contributed by atoms with van der Waals surface area (Å²) in [6.45, 7) is 6.34. The van der Waals surface area contributed by atoms with Crippen molar-refractivity contribution in [3.05, 3.63) is 29.6 Å². The van der Waals surface area contributed by atoms with Crippen LogP contribution in [0.5, 0.6) is 5.75 Å². The molecule has 0 aliphatic carbocycles. The van der Waals surface area contributed by atoms with E-state index in [0.29, 0.717) is 18.9 Å². The first-order valence-electron chi connectivity index (χ1n) is 6.49. The number of aliphatic imine (C=N–C) groups is 1. The summed E-state index contributed by atoms with van der Waals surface area (Å²) >= 11 is 0. The van der Waals surface area contributed by atoms with Crippen molar-refractivity contribution in [3.63, 3.8) is 0 Å². The van der Waals surface area contributed by atoms with Crippen LogP contribution in [0.1, 0.15) is 19.4 Å². The highest BCUT2D eigenvalue weighted by Crippen LogP contribution is 2.18. The van der Waals surface area contributed by atoms with Crippen LogP contribution in [-0.4, -0.2) is 37.6 Å². The van der Waals surface area contributed by atoms with Crippen molar-refractivity contribution >= 4 is 5.96 Å². The molecule has 0 atom stereocenters. The van der Waals surface area contributed by atoms with Crippen LogP contribution < -0.4 is 10.5 Å². The van der Waals surface area contributed by atoms with Crippen molar-refractivity contribution < 1.29 is 9.13 Å². The van der Waals surface area contributed by atoms with E-state index in [1.807, 2.05) is 18.7 Å². The molecule has 0 aliphatic rings. The van der Waals surface area contributed by atoms with E-state index >= 15 is 0 Å². The van der Waals surface area contributed by atoms with Crippen LogP contribution >= 0.6 is 0 Å². The lowest BCUT2D eigenvalue weighted by Crippen LogP contribution is -2.37. The number of rotatable bonds is 6. The Morgan fingerprint density at radius 1 is 1.37 bits per heavy atom. The van der Waals surface area contributed by atoms with E-state index in [0.717, 1.165) is 18.7 Å². The highest BCUT2D eigenvalue weighted by Gasteiger charge is 2.04. The van der Waals surface area contributed by atoms with Crippen molar-refractivity contribution in [2.75, 3.05) is 26.7 Å². The van der Waals surface area contributed by atoms with Gasteiger partial charge in [-0.25, -0.2) is 4.39 Å². The summed E-state index contributed by atoms with van der Waals surface area (Å²) in [7, 11) is 1.46. The van der Waals surface area contributed by atoms with Crippen molar-refractivity contribution in [2.24, 2.45) is 10.7 Å². The van der Waals surface area contributed by atoms with Gasteiger partial charge in [-0.3, -0.25) is 4.99 Å². The fourth-order valence-electron chi connectivity index (χ4n) is 1.81. The number of ether oxygens (including phenoxy) is 1. The number of methoxy groups -OCH3 is 1. The van der Waals surface area contributed by atoms with E-state index in [9.17, 15) is 4.39 Å². The third kappa shape index (κ3) is 4.43. The second-order valence-electron chi connectivity index (χ2n) is 4.13. The zero-order valence-electron chi connectivity index (χ0n) is 11.8. The number of guanidine groups is 1. The molecule has 2 N–H and O–H groups in total. The van der Waals surface area contributed by atoms with Gasteiger partial charge in [-0.1, -0.05) is 6.07 Å². The Bertz CT molecular complexity index is 431. The van der Waals surface area contributed by atoms with Crippen LogP contribution in [0.25, 0.3) is 0 Å². The van der Waals surface area contributed by atoms with Gasteiger partial charge in [-0.2, -0.15) is 0 Å². The second kappa shape index (κ2) is 7.61. The molecule has 0 saturated carbocycles. The van der Waals surface area contributed by atoms with Crippen molar-refractivity contribution in [3.8, 4) is 5.75 Å². The quantitative estimate of drug-likeness (QED) is 0.634. The summed E-state index contributed by atoms with van der Waals surface area (Å²) in [5.41, 5.74) is 6.86. The summed E-state index contributed by atoms with van der Waals surface area (Å²) in [4.78, 5) is 6.32. The molecular formula is C14H22FN3O. The van der Waals surface area contributed by atoms with Gasteiger partial charge in [0.15, 0.2) is 17.5 Å². The average Bonchev–Trinajstić information content (AvgIpc) is 2.42. The van der Waals surface area contributed by atoms with Crippen LogP contribution in [0.4, 0.5) is 4.39 Å². The summed E-state index contributed by atoms with van der Waals surface area (Å²) in [6, 6.07) is 4.84. The molecule has 0 unspecified atom stereocenters. The topological polar surface area (TPSA) is 50.8 Å². The zero-order valence-corrected chi connectivity index (χ0v) is 11.8. The molecule has 0 radical (unpaired) electrons. The summed E-state index contributed by atoms with van der Waals surface area (Å²) < 4.78 is 18.2. The molecule has 0 fully saturated rings. The molecule has 19 heavy (non-hydrogen) atoms. The molecule has 0 saturated heterocycles. The molecule has 0 bridgehead atoms. The minimum absolute atomic E-state index is 0.262. The van der Waals surface area contributed by atoms with Gasteiger partial charge >= 0.3 is 0 Å². The molecule has 0 heterocycles. The first-order chi connectivity index (χ1) is 9.12. The second-order valence-corrected chi connectivity index (χ2v) is 4.13. The SMILES string of the molecule is CCN(CC)C(N)=NCCc1ccc(F)c(OC)c1. The van der Waals surface area contributed by atoms with Gasteiger partial charge in [0.1, 0.15) is 0 Å². The maximum Gasteiger partial charge on any atom is 0.191 e. The number of hydrogen-bond donors (Lipinski definition) is 1. The highest BCUT2D eigenvalue weighted by atomic mass is 19.1. The number of hydrogen-bond acceptors (Lipinski definition) is 2. The number of halogens is 1. The zero-order chi connectivity index (χ0) is 14.3. The fraction of sp³-hybridized carbons (Fsp3) is 0.500. The molecule has 0 spiro atoms. The molecule has 1 rings (SSSR count). The normalized spacial score (nSPS) is 11.5. The van der Waals surface area contributed by atoms with Gasteiger partial charge in [0.25, 0.3) is 0 Å². The van der Waals surface area contributed by atoms with Gasteiger partial charge in [0.05, 0.1) is 7.11 Å². The minimum atomic E-state index is -0.350. The van der Waals surface area contributed by atoms with E-state index in [1.165, 1.54) is 13.2 Å². The summed E-state index contributed by atoms with van der Waals surface area (Å²) in [5, 5.41) is 0. The standard InChI is InChI=1S/C14H22FN3O/c1-4-18(5-2)14(16)17-9-8-11-6-7-12(15)13(10-11)19-3/h6-7,10H,4-5,8-9H2,1-3H3,(H2,16,17). The molecule has 0 aliphatic heterocycles. The molecule has 1 aromatic carbocycles. The molecule has 0 amide bonds. The Labute approximate surface area is 114 Å². The van der Waals surface area contributed by atoms with Gasteiger partial charge in [-0.15, -0.1) is 0 Å². The Balaban J connectivity index is 2.60. The van der Waals surface area contributed by atoms with E-state index in [1.54, 1.807) is 12.1 Å². The van der Waals surface area contributed by atoms with Gasteiger partial charge in [-0.05, 0) is 38.0 Å². The molecule has 0 aromatic heterocycles. The largest absolute Gasteiger partial charge is 0.494 e. The first kappa shape index (κ1) is 15.3. The average molecular weight is 267 g/mol. The van der Waals surface area contributed by atoms with E-state index in [-0.39, 0.29) is 11.6 Å². The fourth-order valence-corrected chi connectivity index (χ4v) is 1.81. The number of nitrogens with two attached hydrogens (primary N) is 1. The molecule has 1 aromatic rings. The van der Waals surface area contributed by atoms with Crippen LogP contribution in [0, 0.1) is 5.82 Å². The van der Waals surface area contributed by atoms with E-state index < -0.39 is 0 Å². The Morgan fingerprint density at radius 3 is 2.63 bits per heavy atom. The third-order valence-corrected chi connectivity index (χ3v) is 2.98. The first-order valence-corrected chi connectivity index (χ1v) is 6.49. The lowest BCUT2D eigenvalue weighted by Gasteiger charge is -2.19. The highest BCUT2D eigenvalue weighted by molar-refractivity contribution is 5.77. The summed E-state index contributed by atoms with van der Waals surface area (Å²) in [5.74, 6) is 0.467. The van der Waals surface area contributed by atoms with Crippen LogP contribution in [0.3, 0.4) is 0 Å². The lowest BCUT2D eigenvalue weighted by atomic mass is 10.1. The monoisotopic (exact) mass is 267 g/mol. The third-order valence-electron chi connectivity index (χ3n) is 2.98. The van der Waals surface area contributed by atoms with Crippen LogP contribution in [0.2, 0.25) is 0 Å². The molecule has 106 valence electrons. The van der Waals surface area contributed by atoms with E-state index in [2.05, 4.69) is 4.99 Å². The van der Waals surface area contributed by atoms with Crippen molar-refractivity contribution in [2.45, 2.75) is 20.3 Å². The van der Waals surface area contributed by atoms with Gasteiger partial charge in [0.2, 0.25) is 0 Å². The maximum atomic E-state index is 13.2. The number of benzene rings is 1. The molecular weight excluding hydrogens is 245 g/mol. The Hall–Kier alpha value is -1.78. The Kier molecular flexibility index (Phi) is 6.12. The van der Waals surface area contributed by atoms with Crippen LogP contribution in [0.15, 0.2) is 23.2 Å². The predicted octanol–water partition coefficient (Wildman–Crippen LogP) is 2.03. The van der Waals surface area contributed by atoms with E-state index in [4.69, 9.17) is 10.5 Å². The lowest BCUT2D eigenvalue weighted by molar-refractivity contribution is 0.386. The van der Waals surface area contributed by atoms with Crippen molar-refractivity contribution in [1.82, 2.24) is 4.90 Å². The van der Waals surface area contributed by atoms with Crippen LogP contribution in [-0.2, 0) is 6.42 Å². The molecule has 4 nitrogen and oxygen atoms in total. The van der Waals surface area contributed by atoms with Gasteiger partial charge < -0.3 is 15.4 Å². The summed E-state index contributed by atoms with van der Waals surface area (Å²) in [6.07, 6.45) is 0.707. The maximum absolute atomic E-state index is 13.2. The smallest absolute Gasteiger partial charge is 0.191 e. The minimum Gasteiger partial charge on any atom is -0.494 e. The predicted molar refractivity (Wildman–Crippen MR) is 76.1 cm³/mol. The Morgan fingerprint density at radius 2 is 2.05 bits per heavy atom.